The van der Waals surface area contributed by atoms with E-state index in [4.69, 9.17) is 9.15 Å². The Balaban J connectivity index is 1.94. The molecular weight excluding hydrogens is 396 g/mol. The van der Waals surface area contributed by atoms with Crippen LogP contribution in [-0.2, 0) is 9.53 Å². The number of fused-ring (bicyclic) bond motifs is 1. The van der Waals surface area contributed by atoms with Crippen molar-refractivity contribution in [3.63, 3.8) is 0 Å². The molecule has 0 saturated carbocycles. The Morgan fingerprint density at radius 1 is 1.36 bits per heavy atom. The highest BCUT2D eigenvalue weighted by Crippen LogP contribution is 2.33. The van der Waals surface area contributed by atoms with Gasteiger partial charge in [0.15, 0.2) is 4.80 Å². The molecule has 0 spiro atoms. The van der Waals surface area contributed by atoms with Gasteiger partial charge in [0.2, 0.25) is 0 Å². The molecule has 4 heterocycles. The van der Waals surface area contributed by atoms with Gasteiger partial charge in [0.25, 0.3) is 5.56 Å². The van der Waals surface area contributed by atoms with Crippen LogP contribution in [0.25, 0.3) is 6.08 Å². The molecule has 6 nitrogen and oxygen atoms in total. The third-order valence-electron chi connectivity index (χ3n) is 4.21. The zero-order valence-electron chi connectivity index (χ0n) is 15.5. The smallest absolute Gasteiger partial charge is 0.338 e. The molecule has 144 valence electrons. The van der Waals surface area contributed by atoms with Crippen molar-refractivity contribution in [1.82, 2.24) is 4.57 Å². The van der Waals surface area contributed by atoms with Crippen molar-refractivity contribution in [3.05, 3.63) is 77.5 Å². The predicted octanol–water partition coefficient (Wildman–Crippen LogP) is 2.84. The maximum atomic E-state index is 13.2. The summed E-state index contributed by atoms with van der Waals surface area (Å²) >= 11 is 2.77. The lowest BCUT2D eigenvalue weighted by Crippen LogP contribution is -2.39. The minimum atomic E-state index is -0.554. The molecular formula is C20H18N2O4S2. The first kappa shape index (κ1) is 18.6. The van der Waals surface area contributed by atoms with Crippen LogP contribution in [0, 0.1) is 0 Å². The van der Waals surface area contributed by atoms with Crippen LogP contribution in [0.5, 0.6) is 0 Å². The standard InChI is InChI=1S/C20H18N2O4S2/c1-11(2)26-19(24)16-12(3)21-20-22(17(16)14-7-5-9-27-14)18(23)15(28-20)10-13-6-4-8-25-13/h4-11,17H,1-3H3/b15-10-/t17-/m0/s1. The lowest BCUT2D eigenvalue weighted by atomic mass is 10.0. The molecule has 0 radical (unpaired) electrons. The zero-order valence-corrected chi connectivity index (χ0v) is 17.2. The van der Waals surface area contributed by atoms with Crippen molar-refractivity contribution in [1.29, 1.82) is 0 Å². The van der Waals surface area contributed by atoms with E-state index in [1.54, 1.807) is 49.8 Å². The number of esters is 1. The number of thiazole rings is 1. The molecule has 1 atom stereocenters. The molecule has 0 amide bonds. The van der Waals surface area contributed by atoms with Crippen LogP contribution in [0.1, 0.15) is 37.5 Å². The van der Waals surface area contributed by atoms with Gasteiger partial charge in [-0.25, -0.2) is 9.79 Å². The van der Waals surface area contributed by atoms with E-state index in [0.717, 1.165) is 4.88 Å². The van der Waals surface area contributed by atoms with Crippen LogP contribution in [0.4, 0.5) is 0 Å². The molecule has 1 aliphatic heterocycles. The SMILES string of the molecule is CC1=C(C(=O)OC(C)C)[C@H](c2cccs2)n2c(s/c(=C\c3ccco3)c2=O)=N1. The van der Waals surface area contributed by atoms with Crippen molar-refractivity contribution >= 4 is 34.7 Å². The monoisotopic (exact) mass is 414 g/mol. The van der Waals surface area contributed by atoms with Crippen LogP contribution in [0.3, 0.4) is 0 Å². The van der Waals surface area contributed by atoms with E-state index in [-0.39, 0.29) is 11.7 Å². The van der Waals surface area contributed by atoms with Gasteiger partial charge in [0, 0.05) is 11.0 Å². The van der Waals surface area contributed by atoms with Crippen LogP contribution in [0.15, 0.2) is 61.4 Å². The third kappa shape index (κ3) is 3.29. The number of rotatable bonds is 4. The summed E-state index contributed by atoms with van der Waals surface area (Å²) in [5, 5.41) is 1.93. The Labute approximate surface area is 168 Å². The van der Waals surface area contributed by atoms with Crippen LogP contribution < -0.4 is 14.9 Å². The first-order chi connectivity index (χ1) is 13.5. The fourth-order valence-corrected chi connectivity index (χ4v) is 4.93. The zero-order chi connectivity index (χ0) is 19.8. The fraction of sp³-hybridized carbons (Fsp3) is 0.250. The Hall–Kier alpha value is -2.71. The summed E-state index contributed by atoms with van der Waals surface area (Å²) < 4.78 is 12.9. The van der Waals surface area contributed by atoms with Gasteiger partial charge in [-0.05, 0) is 44.4 Å². The van der Waals surface area contributed by atoms with Gasteiger partial charge in [0.05, 0.1) is 28.2 Å². The van der Waals surface area contributed by atoms with Crippen molar-refractivity contribution < 1.29 is 13.9 Å². The second-order valence-electron chi connectivity index (χ2n) is 6.57. The van der Waals surface area contributed by atoms with Gasteiger partial charge in [-0.15, -0.1) is 11.3 Å². The Kier molecular flexibility index (Phi) is 4.91. The summed E-state index contributed by atoms with van der Waals surface area (Å²) in [6.07, 6.45) is 2.99. The second-order valence-corrected chi connectivity index (χ2v) is 8.56. The number of carbonyl (C=O) groups is 1. The highest BCUT2D eigenvalue weighted by Gasteiger charge is 2.34. The summed E-state index contributed by atoms with van der Waals surface area (Å²) in [4.78, 5) is 32.0. The Morgan fingerprint density at radius 3 is 2.82 bits per heavy atom. The van der Waals surface area contributed by atoms with Gasteiger partial charge in [0.1, 0.15) is 11.8 Å². The molecule has 0 unspecified atom stereocenters. The predicted molar refractivity (Wildman–Crippen MR) is 108 cm³/mol. The molecule has 0 aromatic carbocycles. The Bertz CT molecular complexity index is 1210. The molecule has 0 saturated heterocycles. The van der Waals surface area contributed by atoms with Gasteiger partial charge in [-0.2, -0.15) is 0 Å². The quantitative estimate of drug-likeness (QED) is 0.616. The van der Waals surface area contributed by atoms with E-state index in [0.29, 0.717) is 26.4 Å². The van der Waals surface area contributed by atoms with Crippen molar-refractivity contribution in [2.75, 3.05) is 0 Å². The van der Waals surface area contributed by atoms with Crippen molar-refractivity contribution in [2.24, 2.45) is 4.99 Å². The fourth-order valence-electron chi connectivity index (χ4n) is 3.08. The van der Waals surface area contributed by atoms with Gasteiger partial charge >= 0.3 is 5.97 Å². The number of hydrogen-bond donors (Lipinski definition) is 0. The molecule has 4 rings (SSSR count). The summed E-state index contributed by atoms with van der Waals surface area (Å²) in [6.45, 7) is 5.38. The first-order valence-electron chi connectivity index (χ1n) is 8.76. The summed E-state index contributed by atoms with van der Waals surface area (Å²) in [6, 6.07) is 6.81. The maximum absolute atomic E-state index is 13.2. The summed E-state index contributed by atoms with van der Waals surface area (Å²) in [5.74, 6) is 0.142. The number of carbonyl (C=O) groups excluding carboxylic acids is 1. The second kappa shape index (κ2) is 7.37. The van der Waals surface area contributed by atoms with Gasteiger partial charge in [-0.1, -0.05) is 17.4 Å². The van der Waals surface area contributed by atoms with Crippen molar-refractivity contribution in [3.8, 4) is 0 Å². The molecule has 0 N–H and O–H groups in total. The molecule has 3 aromatic rings. The summed E-state index contributed by atoms with van der Waals surface area (Å²) in [7, 11) is 0. The maximum Gasteiger partial charge on any atom is 0.338 e. The van der Waals surface area contributed by atoms with Crippen molar-refractivity contribution in [2.45, 2.75) is 32.9 Å². The van der Waals surface area contributed by atoms with Crippen LogP contribution in [0.2, 0.25) is 0 Å². The Morgan fingerprint density at radius 2 is 2.18 bits per heavy atom. The molecule has 8 heteroatoms. The largest absolute Gasteiger partial charge is 0.465 e. The normalized spacial score (nSPS) is 17.0. The van der Waals surface area contributed by atoms with E-state index in [1.807, 2.05) is 17.5 Å². The topological polar surface area (TPSA) is 73.8 Å². The van der Waals surface area contributed by atoms with Crippen LogP contribution in [-0.4, -0.2) is 16.6 Å². The number of nitrogens with zero attached hydrogens (tertiary/aromatic N) is 2. The van der Waals surface area contributed by atoms with Gasteiger partial charge in [-0.3, -0.25) is 9.36 Å². The molecule has 0 fully saturated rings. The lowest BCUT2D eigenvalue weighted by Gasteiger charge is -2.24. The third-order valence-corrected chi connectivity index (χ3v) is 6.12. The van der Waals surface area contributed by atoms with E-state index < -0.39 is 12.0 Å². The molecule has 1 aliphatic rings. The van der Waals surface area contributed by atoms with Crippen LogP contribution >= 0.6 is 22.7 Å². The van der Waals surface area contributed by atoms with E-state index >= 15 is 0 Å². The minimum absolute atomic E-state index is 0.208. The molecule has 3 aromatic heterocycles. The van der Waals surface area contributed by atoms with Gasteiger partial charge < -0.3 is 9.15 Å². The average Bonchev–Trinajstić information content (AvgIpc) is 3.37. The number of ether oxygens (including phenoxy) is 1. The number of furan rings is 1. The highest BCUT2D eigenvalue weighted by molar-refractivity contribution is 7.10. The minimum Gasteiger partial charge on any atom is -0.465 e. The average molecular weight is 415 g/mol. The highest BCUT2D eigenvalue weighted by atomic mass is 32.1. The lowest BCUT2D eigenvalue weighted by molar-refractivity contribution is -0.143. The van der Waals surface area contributed by atoms with E-state index in [9.17, 15) is 9.59 Å². The molecule has 0 bridgehead atoms. The summed E-state index contributed by atoms with van der Waals surface area (Å²) in [5.41, 5.74) is 0.754. The van der Waals surface area contributed by atoms with E-state index in [2.05, 4.69) is 4.99 Å². The molecule has 28 heavy (non-hydrogen) atoms. The number of hydrogen-bond acceptors (Lipinski definition) is 7. The number of thiophene rings is 1. The number of allylic oxidation sites excluding steroid dienone is 1. The van der Waals surface area contributed by atoms with E-state index in [1.165, 1.54) is 22.7 Å². The molecule has 0 aliphatic carbocycles. The number of aromatic nitrogens is 1. The first-order valence-corrected chi connectivity index (χ1v) is 10.5.